The molecule has 0 bridgehead atoms. The van der Waals surface area contributed by atoms with Gasteiger partial charge < -0.3 is 10.4 Å². The molecule has 0 fully saturated rings. The van der Waals surface area contributed by atoms with E-state index in [9.17, 15) is 4.79 Å². The van der Waals surface area contributed by atoms with Gasteiger partial charge in [-0.05, 0) is 25.0 Å². The highest BCUT2D eigenvalue weighted by atomic mass is 16.4. The Hall–Kier alpha value is -1.51. The van der Waals surface area contributed by atoms with E-state index in [1.165, 1.54) is 0 Å². The molecule has 0 aliphatic carbocycles. The van der Waals surface area contributed by atoms with Gasteiger partial charge in [-0.15, -0.1) is 0 Å². The van der Waals surface area contributed by atoms with Crippen LogP contribution in [0.2, 0.25) is 0 Å². The first-order valence-electron chi connectivity index (χ1n) is 5.77. The van der Waals surface area contributed by atoms with Crippen LogP contribution >= 0.6 is 0 Å². The third-order valence-electron chi connectivity index (χ3n) is 2.65. The van der Waals surface area contributed by atoms with E-state index in [1.807, 2.05) is 12.1 Å². The minimum Gasteiger partial charge on any atom is -0.478 e. The van der Waals surface area contributed by atoms with Gasteiger partial charge in [-0.1, -0.05) is 32.4 Å². The van der Waals surface area contributed by atoms with Crippen LogP contribution in [0.5, 0.6) is 0 Å². The largest absolute Gasteiger partial charge is 0.478 e. The van der Waals surface area contributed by atoms with E-state index in [-0.39, 0.29) is 0 Å². The second-order valence-corrected chi connectivity index (χ2v) is 3.89. The molecule has 2 N–H and O–H groups in total. The Morgan fingerprint density at radius 1 is 1.38 bits per heavy atom. The van der Waals surface area contributed by atoms with Gasteiger partial charge in [0.1, 0.15) is 0 Å². The lowest BCUT2D eigenvalue weighted by Crippen LogP contribution is -2.19. The molecule has 16 heavy (non-hydrogen) atoms. The van der Waals surface area contributed by atoms with Crippen molar-refractivity contribution < 1.29 is 9.90 Å². The molecule has 0 aliphatic heterocycles. The van der Waals surface area contributed by atoms with Crippen LogP contribution in [0.1, 0.15) is 43.5 Å². The van der Waals surface area contributed by atoms with Gasteiger partial charge in [0, 0.05) is 11.7 Å². The SMILES string of the molecule is CCCC(CC)Nc1ccccc1C(=O)O. The highest BCUT2D eigenvalue weighted by molar-refractivity contribution is 5.94. The van der Waals surface area contributed by atoms with Gasteiger partial charge in [0.15, 0.2) is 0 Å². The van der Waals surface area contributed by atoms with Crippen molar-refractivity contribution in [3.05, 3.63) is 29.8 Å². The first-order valence-corrected chi connectivity index (χ1v) is 5.77. The van der Waals surface area contributed by atoms with Gasteiger partial charge in [-0.25, -0.2) is 4.79 Å². The molecule has 3 nitrogen and oxygen atoms in total. The number of aromatic carboxylic acids is 1. The minimum absolute atomic E-state index is 0.344. The summed E-state index contributed by atoms with van der Waals surface area (Å²) in [4.78, 5) is 11.0. The summed E-state index contributed by atoms with van der Waals surface area (Å²) in [6.07, 6.45) is 3.16. The van der Waals surface area contributed by atoms with Crippen molar-refractivity contribution in [1.82, 2.24) is 0 Å². The van der Waals surface area contributed by atoms with Crippen LogP contribution in [-0.2, 0) is 0 Å². The fourth-order valence-corrected chi connectivity index (χ4v) is 1.74. The van der Waals surface area contributed by atoms with E-state index in [0.717, 1.165) is 24.9 Å². The van der Waals surface area contributed by atoms with Gasteiger partial charge in [0.05, 0.1) is 5.56 Å². The van der Waals surface area contributed by atoms with Crippen LogP contribution in [0.3, 0.4) is 0 Å². The van der Waals surface area contributed by atoms with Crippen LogP contribution in [0.15, 0.2) is 24.3 Å². The highest BCUT2D eigenvalue weighted by Crippen LogP contribution is 2.18. The summed E-state index contributed by atoms with van der Waals surface area (Å²) in [5.74, 6) is -0.880. The van der Waals surface area contributed by atoms with E-state index in [4.69, 9.17) is 5.11 Å². The zero-order valence-electron chi connectivity index (χ0n) is 9.86. The Morgan fingerprint density at radius 2 is 2.06 bits per heavy atom. The first-order chi connectivity index (χ1) is 7.69. The molecular weight excluding hydrogens is 202 g/mol. The van der Waals surface area contributed by atoms with Crippen molar-refractivity contribution in [3.8, 4) is 0 Å². The average Bonchev–Trinajstić information content (AvgIpc) is 2.29. The highest BCUT2D eigenvalue weighted by Gasteiger charge is 2.11. The zero-order valence-corrected chi connectivity index (χ0v) is 9.86. The Bertz CT molecular complexity index is 350. The summed E-state index contributed by atoms with van der Waals surface area (Å²) < 4.78 is 0. The maximum atomic E-state index is 11.0. The molecular formula is C13H19NO2. The van der Waals surface area contributed by atoms with Crippen LogP contribution in [0.4, 0.5) is 5.69 Å². The molecule has 1 rings (SSSR count). The molecule has 0 saturated carbocycles. The summed E-state index contributed by atoms with van der Waals surface area (Å²) in [6, 6.07) is 7.40. The average molecular weight is 221 g/mol. The lowest BCUT2D eigenvalue weighted by Gasteiger charge is -2.18. The summed E-state index contributed by atoms with van der Waals surface area (Å²) in [6.45, 7) is 4.24. The topological polar surface area (TPSA) is 49.3 Å². The lowest BCUT2D eigenvalue weighted by molar-refractivity contribution is 0.0698. The number of para-hydroxylation sites is 1. The van der Waals surface area contributed by atoms with Crippen molar-refractivity contribution in [1.29, 1.82) is 0 Å². The molecule has 1 aromatic rings. The Labute approximate surface area is 96.5 Å². The number of nitrogens with one attached hydrogen (secondary N) is 1. The van der Waals surface area contributed by atoms with Gasteiger partial charge in [0.2, 0.25) is 0 Å². The number of hydrogen-bond acceptors (Lipinski definition) is 2. The molecule has 0 amide bonds. The standard InChI is InChI=1S/C13H19NO2/c1-3-7-10(4-2)14-12-9-6-5-8-11(12)13(15)16/h5-6,8-10,14H,3-4,7H2,1-2H3,(H,15,16). The molecule has 0 radical (unpaired) electrons. The number of rotatable bonds is 6. The van der Waals surface area contributed by atoms with E-state index in [1.54, 1.807) is 12.1 Å². The number of anilines is 1. The molecule has 3 heteroatoms. The molecule has 0 saturated heterocycles. The van der Waals surface area contributed by atoms with E-state index in [2.05, 4.69) is 19.2 Å². The Morgan fingerprint density at radius 3 is 2.62 bits per heavy atom. The van der Waals surface area contributed by atoms with Crippen molar-refractivity contribution in [2.24, 2.45) is 0 Å². The summed E-state index contributed by atoms with van der Waals surface area (Å²) in [7, 11) is 0. The van der Waals surface area contributed by atoms with Crippen LogP contribution in [-0.4, -0.2) is 17.1 Å². The molecule has 1 aromatic carbocycles. The van der Waals surface area contributed by atoms with Gasteiger partial charge in [-0.3, -0.25) is 0 Å². The number of carbonyl (C=O) groups is 1. The molecule has 0 heterocycles. The third-order valence-corrected chi connectivity index (χ3v) is 2.65. The second kappa shape index (κ2) is 6.16. The summed E-state index contributed by atoms with van der Waals surface area (Å²) in [5.41, 5.74) is 1.06. The Balaban J connectivity index is 2.82. The monoisotopic (exact) mass is 221 g/mol. The molecule has 1 atom stereocenters. The Kier molecular flexibility index (Phi) is 4.83. The van der Waals surface area contributed by atoms with E-state index >= 15 is 0 Å². The number of benzene rings is 1. The van der Waals surface area contributed by atoms with Gasteiger partial charge in [0.25, 0.3) is 0 Å². The molecule has 0 spiro atoms. The number of hydrogen-bond donors (Lipinski definition) is 2. The van der Waals surface area contributed by atoms with Gasteiger partial charge in [-0.2, -0.15) is 0 Å². The second-order valence-electron chi connectivity index (χ2n) is 3.89. The summed E-state index contributed by atoms with van der Waals surface area (Å²) >= 11 is 0. The third kappa shape index (κ3) is 3.26. The van der Waals surface area contributed by atoms with Crippen molar-refractivity contribution >= 4 is 11.7 Å². The summed E-state index contributed by atoms with van der Waals surface area (Å²) in [5, 5.41) is 12.3. The van der Waals surface area contributed by atoms with Crippen LogP contribution < -0.4 is 5.32 Å². The number of carboxylic acid groups (broad SMARTS) is 1. The fourth-order valence-electron chi connectivity index (χ4n) is 1.74. The van der Waals surface area contributed by atoms with E-state index in [0.29, 0.717) is 11.6 Å². The predicted octanol–water partition coefficient (Wildman–Crippen LogP) is 3.38. The normalized spacial score (nSPS) is 12.1. The molecule has 1 unspecified atom stereocenters. The van der Waals surface area contributed by atoms with Crippen LogP contribution in [0.25, 0.3) is 0 Å². The van der Waals surface area contributed by atoms with Crippen molar-refractivity contribution in [2.45, 2.75) is 39.2 Å². The fraction of sp³-hybridized carbons (Fsp3) is 0.462. The van der Waals surface area contributed by atoms with Crippen LogP contribution in [0, 0.1) is 0 Å². The maximum absolute atomic E-state index is 11.0. The molecule has 0 aromatic heterocycles. The smallest absolute Gasteiger partial charge is 0.337 e. The number of carboxylic acids is 1. The zero-order chi connectivity index (χ0) is 12.0. The molecule has 0 aliphatic rings. The maximum Gasteiger partial charge on any atom is 0.337 e. The van der Waals surface area contributed by atoms with E-state index < -0.39 is 5.97 Å². The minimum atomic E-state index is -0.880. The first kappa shape index (κ1) is 12.6. The van der Waals surface area contributed by atoms with Crippen molar-refractivity contribution in [3.63, 3.8) is 0 Å². The quantitative estimate of drug-likeness (QED) is 0.774. The lowest BCUT2D eigenvalue weighted by atomic mass is 10.1. The van der Waals surface area contributed by atoms with Crippen molar-refractivity contribution in [2.75, 3.05) is 5.32 Å². The van der Waals surface area contributed by atoms with Gasteiger partial charge >= 0.3 is 5.97 Å². The molecule has 88 valence electrons. The predicted molar refractivity (Wildman–Crippen MR) is 66.0 cm³/mol.